The summed E-state index contributed by atoms with van der Waals surface area (Å²) in [5.74, 6) is 0.398. The first-order valence-corrected chi connectivity index (χ1v) is 7.43. The Balaban J connectivity index is 1.84. The van der Waals surface area contributed by atoms with Crippen LogP contribution in [0.4, 0.5) is 10.6 Å². The number of hydrogen-bond donors (Lipinski definition) is 3. The maximum Gasteiger partial charge on any atom is 0.320 e. The van der Waals surface area contributed by atoms with Crippen LogP contribution in [0.3, 0.4) is 0 Å². The van der Waals surface area contributed by atoms with E-state index in [0.717, 1.165) is 11.1 Å². The number of amides is 3. The number of anilines is 1. The predicted octanol–water partition coefficient (Wildman–Crippen LogP) is 2.46. The number of aromatic nitrogens is 1. The van der Waals surface area contributed by atoms with Crippen LogP contribution in [-0.2, 0) is 6.54 Å². The molecule has 0 aliphatic heterocycles. The Labute approximate surface area is 135 Å². The summed E-state index contributed by atoms with van der Waals surface area (Å²) in [6.45, 7) is 4.77. The summed E-state index contributed by atoms with van der Waals surface area (Å²) >= 11 is 0. The molecule has 1 aromatic carbocycles. The molecule has 0 saturated carbocycles. The highest BCUT2D eigenvalue weighted by Crippen LogP contribution is 2.06. The summed E-state index contributed by atoms with van der Waals surface area (Å²) in [7, 11) is 0. The number of nitrogens with one attached hydrogen (secondary N) is 3. The van der Waals surface area contributed by atoms with Crippen LogP contribution in [0.5, 0.6) is 0 Å². The lowest BCUT2D eigenvalue weighted by Gasteiger charge is -2.08. The van der Waals surface area contributed by atoms with Gasteiger partial charge in [0.2, 0.25) is 0 Å². The van der Waals surface area contributed by atoms with Crippen molar-refractivity contribution >= 4 is 17.8 Å². The fraction of sp³-hybridized carbons (Fsp3) is 0.235. The molecule has 0 aliphatic carbocycles. The third kappa shape index (κ3) is 5.10. The number of rotatable bonds is 5. The van der Waals surface area contributed by atoms with E-state index in [1.807, 2.05) is 32.0 Å². The lowest BCUT2D eigenvalue weighted by atomic mass is 10.1. The number of nitrogens with zero attached hydrogens (tertiary/aromatic N) is 1. The first-order chi connectivity index (χ1) is 11.1. The van der Waals surface area contributed by atoms with Crippen LogP contribution < -0.4 is 16.0 Å². The van der Waals surface area contributed by atoms with Gasteiger partial charge in [0.1, 0.15) is 5.82 Å². The molecule has 2 aromatic rings. The van der Waals surface area contributed by atoms with Crippen molar-refractivity contribution in [2.45, 2.75) is 20.4 Å². The van der Waals surface area contributed by atoms with Gasteiger partial charge in [-0.25, -0.2) is 9.78 Å². The molecule has 0 atom stereocenters. The maximum atomic E-state index is 11.8. The molecule has 3 N–H and O–H groups in total. The van der Waals surface area contributed by atoms with E-state index in [1.54, 1.807) is 24.4 Å². The minimum Gasteiger partial charge on any atom is -0.352 e. The van der Waals surface area contributed by atoms with Gasteiger partial charge in [0.05, 0.1) is 0 Å². The number of pyridine rings is 1. The standard InChI is InChI=1S/C17H20N4O2/c1-3-18-16(22)14-7-5-13(6-8-14)11-20-17(23)21-15-9-4-12(2)10-19-15/h4-10H,3,11H2,1-2H3,(H,18,22)(H2,19,20,21,23). The molecule has 0 saturated heterocycles. The SMILES string of the molecule is CCNC(=O)c1ccc(CNC(=O)Nc2ccc(C)cn2)cc1. The van der Waals surface area contributed by atoms with Crippen LogP contribution in [0.15, 0.2) is 42.6 Å². The first kappa shape index (κ1) is 16.5. The maximum absolute atomic E-state index is 11.8. The fourth-order valence-corrected chi connectivity index (χ4v) is 1.92. The molecule has 6 nitrogen and oxygen atoms in total. The third-order valence-corrected chi connectivity index (χ3v) is 3.16. The molecule has 120 valence electrons. The second-order valence-electron chi connectivity index (χ2n) is 5.08. The van der Waals surface area contributed by atoms with E-state index in [4.69, 9.17) is 0 Å². The van der Waals surface area contributed by atoms with Gasteiger partial charge in [0.15, 0.2) is 0 Å². The molecule has 2 rings (SSSR count). The minimum absolute atomic E-state index is 0.102. The van der Waals surface area contributed by atoms with Gasteiger partial charge >= 0.3 is 6.03 Å². The van der Waals surface area contributed by atoms with Crippen molar-refractivity contribution < 1.29 is 9.59 Å². The zero-order valence-electron chi connectivity index (χ0n) is 13.2. The van der Waals surface area contributed by atoms with E-state index in [-0.39, 0.29) is 11.9 Å². The Morgan fingerprint density at radius 3 is 2.39 bits per heavy atom. The van der Waals surface area contributed by atoms with Gasteiger partial charge in [0, 0.05) is 24.8 Å². The van der Waals surface area contributed by atoms with Crippen LogP contribution in [0, 0.1) is 6.92 Å². The molecular weight excluding hydrogens is 292 g/mol. The summed E-state index contributed by atoms with van der Waals surface area (Å²) < 4.78 is 0. The molecule has 3 amide bonds. The molecule has 0 aliphatic rings. The molecule has 0 unspecified atom stereocenters. The number of hydrogen-bond acceptors (Lipinski definition) is 3. The summed E-state index contributed by atoms with van der Waals surface area (Å²) in [5, 5.41) is 8.14. The Hall–Kier alpha value is -2.89. The number of urea groups is 1. The summed E-state index contributed by atoms with van der Waals surface area (Å²) in [6, 6.07) is 10.4. The third-order valence-electron chi connectivity index (χ3n) is 3.16. The molecule has 0 radical (unpaired) electrons. The van der Waals surface area contributed by atoms with Gasteiger partial charge in [-0.15, -0.1) is 0 Å². The Morgan fingerprint density at radius 1 is 1.04 bits per heavy atom. The highest BCUT2D eigenvalue weighted by Gasteiger charge is 2.05. The normalized spacial score (nSPS) is 10.0. The average molecular weight is 312 g/mol. The average Bonchev–Trinajstić information content (AvgIpc) is 2.56. The lowest BCUT2D eigenvalue weighted by Crippen LogP contribution is -2.28. The number of carbonyl (C=O) groups is 2. The fourth-order valence-electron chi connectivity index (χ4n) is 1.92. The van der Waals surface area contributed by atoms with Gasteiger partial charge in [-0.1, -0.05) is 18.2 Å². The Morgan fingerprint density at radius 2 is 1.78 bits per heavy atom. The van der Waals surface area contributed by atoms with Gasteiger partial charge < -0.3 is 10.6 Å². The van der Waals surface area contributed by atoms with Crippen molar-refractivity contribution in [3.63, 3.8) is 0 Å². The smallest absolute Gasteiger partial charge is 0.320 e. The van der Waals surface area contributed by atoms with Crippen molar-refractivity contribution in [1.29, 1.82) is 0 Å². The zero-order chi connectivity index (χ0) is 16.7. The second kappa shape index (κ2) is 7.93. The number of carbonyl (C=O) groups excluding carboxylic acids is 2. The van der Waals surface area contributed by atoms with Crippen LogP contribution in [0.2, 0.25) is 0 Å². The van der Waals surface area contributed by atoms with E-state index < -0.39 is 0 Å². The van der Waals surface area contributed by atoms with E-state index >= 15 is 0 Å². The summed E-state index contributed by atoms with van der Waals surface area (Å²) in [5.41, 5.74) is 2.54. The second-order valence-corrected chi connectivity index (χ2v) is 5.08. The minimum atomic E-state index is -0.325. The van der Waals surface area contributed by atoms with Crippen molar-refractivity contribution in [3.8, 4) is 0 Å². The topological polar surface area (TPSA) is 83.1 Å². The van der Waals surface area contributed by atoms with Crippen LogP contribution >= 0.6 is 0 Å². The molecule has 23 heavy (non-hydrogen) atoms. The molecular formula is C17H20N4O2. The van der Waals surface area contributed by atoms with Crippen molar-refractivity contribution in [3.05, 3.63) is 59.3 Å². The molecule has 6 heteroatoms. The van der Waals surface area contributed by atoms with Crippen LogP contribution in [0.1, 0.15) is 28.4 Å². The molecule has 0 bridgehead atoms. The van der Waals surface area contributed by atoms with Gasteiger partial charge in [-0.2, -0.15) is 0 Å². The van der Waals surface area contributed by atoms with E-state index in [9.17, 15) is 9.59 Å². The molecule has 1 aromatic heterocycles. The molecule has 0 spiro atoms. The van der Waals surface area contributed by atoms with Gasteiger partial charge in [-0.3, -0.25) is 10.1 Å². The monoisotopic (exact) mass is 312 g/mol. The molecule has 1 heterocycles. The molecule has 0 fully saturated rings. The number of aryl methyl sites for hydroxylation is 1. The van der Waals surface area contributed by atoms with Crippen molar-refractivity contribution in [2.24, 2.45) is 0 Å². The lowest BCUT2D eigenvalue weighted by molar-refractivity contribution is 0.0956. The summed E-state index contributed by atoms with van der Waals surface area (Å²) in [4.78, 5) is 27.6. The largest absolute Gasteiger partial charge is 0.352 e. The zero-order valence-corrected chi connectivity index (χ0v) is 13.2. The van der Waals surface area contributed by atoms with Crippen molar-refractivity contribution in [2.75, 3.05) is 11.9 Å². The van der Waals surface area contributed by atoms with Crippen LogP contribution in [0.25, 0.3) is 0 Å². The van der Waals surface area contributed by atoms with Crippen molar-refractivity contribution in [1.82, 2.24) is 15.6 Å². The predicted molar refractivity (Wildman–Crippen MR) is 89.3 cm³/mol. The van der Waals surface area contributed by atoms with Crippen LogP contribution in [-0.4, -0.2) is 23.5 Å². The number of benzene rings is 1. The van der Waals surface area contributed by atoms with E-state index in [0.29, 0.717) is 24.5 Å². The highest BCUT2D eigenvalue weighted by atomic mass is 16.2. The van der Waals surface area contributed by atoms with E-state index in [2.05, 4.69) is 20.9 Å². The van der Waals surface area contributed by atoms with Gasteiger partial charge in [0.25, 0.3) is 5.91 Å². The highest BCUT2D eigenvalue weighted by molar-refractivity contribution is 5.94. The van der Waals surface area contributed by atoms with E-state index in [1.165, 1.54) is 0 Å². The Bertz CT molecular complexity index is 666. The Kier molecular flexibility index (Phi) is 5.68. The quantitative estimate of drug-likeness (QED) is 0.793. The summed E-state index contributed by atoms with van der Waals surface area (Å²) in [6.07, 6.45) is 1.69. The first-order valence-electron chi connectivity index (χ1n) is 7.43. The van der Waals surface area contributed by atoms with Gasteiger partial charge in [-0.05, 0) is 43.2 Å².